The van der Waals surface area contributed by atoms with Gasteiger partial charge in [0.2, 0.25) is 0 Å². The number of cyclic esters (lactones) is 1. The second-order valence-corrected chi connectivity index (χ2v) is 4.24. The minimum absolute atomic E-state index is 0.0400. The maximum absolute atomic E-state index is 11.7. The first-order chi connectivity index (χ1) is 8.63. The van der Waals surface area contributed by atoms with Crippen LogP contribution in [0.5, 0.6) is 0 Å². The standard InChI is InChI=1S/C13H15NO4/c1-2-3-11-8-18-13(17)14(11)10-6-4-9(5-7-10)12(15)16/h4-7,11H,2-3,8H2,1H3,(H,15,16). The van der Waals surface area contributed by atoms with Gasteiger partial charge in [0.25, 0.3) is 0 Å². The molecule has 2 rings (SSSR count). The number of anilines is 1. The highest BCUT2D eigenvalue weighted by molar-refractivity contribution is 5.92. The Kier molecular flexibility index (Phi) is 3.50. The van der Waals surface area contributed by atoms with Crippen molar-refractivity contribution in [1.82, 2.24) is 0 Å². The summed E-state index contributed by atoms with van der Waals surface area (Å²) in [6.45, 7) is 2.45. The molecule has 0 bridgehead atoms. The van der Waals surface area contributed by atoms with E-state index in [1.807, 2.05) is 0 Å². The first kappa shape index (κ1) is 12.4. The van der Waals surface area contributed by atoms with Gasteiger partial charge in [-0.05, 0) is 30.7 Å². The maximum atomic E-state index is 11.7. The Labute approximate surface area is 105 Å². The van der Waals surface area contributed by atoms with Crippen LogP contribution in [0, 0.1) is 0 Å². The summed E-state index contributed by atoms with van der Waals surface area (Å²) in [7, 11) is 0. The molecule has 1 atom stereocenters. The van der Waals surface area contributed by atoms with E-state index in [1.54, 1.807) is 17.0 Å². The van der Waals surface area contributed by atoms with Crippen molar-refractivity contribution in [1.29, 1.82) is 0 Å². The van der Waals surface area contributed by atoms with Crippen LogP contribution in [0.25, 0.3) is 0 Å². The van der Waals surface area contributed by atoms with E-state index in [0.717, 1.165) is 12.8 Å². The van der Waals surface area contributed by atoms with Crippen LogP contribution in [0.1, 0.15) is 30.1 Å². The van der Waals surface area contributed by atoms with Gasteiger partial charge in [-0.2, -0.15) is 0 Å². The minimum atomic E-state index is -0.976. The Bertz CT molecular complexity index is 455. The zero-order chi connectivity index (χ0) is 13.1. The minimum Gasteiger partial charge on any atom is -0.478 e. The number of carbonyl (C=O) groups excluding carboxylic acids is 1. The fraction of sp³-hybridized carbons (Fsp3) is 0.385. The molecule has 1 unspecified atom stereocenters. The number of hydrogen-bond acceptors (Lipinski definition) is 3. The molecule has 1 saturated heterocycles. The third-order valence-electron chi connectivity index (χ3n) is 2.98. The van der Waals surface area contributed by atoms with E-state index in [4.69, 9.17) is 9.84 Å². The number of aromatic carboxylic acids is 1. The summed E-state index contributed by atoms with van der Waals surface area (Å²) in [5, 5.41) is 8.82. The number of nitrogens with zero attached hydrogens (tertiary/aromatic N) is 1. The van der Waals surface area contributed by atoms with E-state index in [9.17, 15) is 9.59 Å². The van der Waals surface area contributed by atoms with E-state index >= 15 is 0 Å². The Morgan fingerprint density at radius 3 is 2.67 bits per heavy atom. The molecule has 0 radical (unpaired) electrons. The maximum Gasteiger partial charge on any atom is 0.414 e. The van der Waals surface area contributed by atoms with Crippen molar-refractivity contribution >= 4 is 17.7 Å². The fourth-order valence-corrected chi connectivity index (χ4v) is 2.09. The summed E-state index contributed by atoms with van der Waals surface area (Å²) in [5.41, 5.74) is 0.888. The Morgan fingerprint density at radius 1 is 1.44 bits per heavy atom. The van der Waals surface area contributed by atoms with Crippen molar-refractivity contribution in [2.45, 2.75) is 25.8 Å². The van der Waals surface area contributed by atoms with Gasteiger partial charge in [0.1, 0.15) is 6.61 Å². The van der Waals surface area contributed by atoms with Crippen molar-refractivity contribution in [2.75, 3.05) is 11.5 Å². The third kappa shape index (κ3) is 2.30. The summed E-state index contributed by atoms with van der Waals surface area (Å²) in [4.78, 5) is 24.0. The normalized spacial score (nSPS) is 18.8. The molecule has 18 heavy (non-hydrogen) atoms. The van der Waals surface area contributed by atoms with E-state index < -0.39 is 5.97 Å². The van der Waals surface area contributed by atoms with E-state index in [0.29, 0.717) is 12.3 Å². The smallest absolute Gasteiger partial charge is 0.414 e. The molecule has 1 fully saturated rings. The topological polar surface area (TPSA) is 66.8 Å². The lowest BCUT2D eigenvalue weighted by molar-refractivity contribution is 0.0697. The van der Waals surface area contributed by atoms with Gasteiger partial charge in [-0.15, -0.1) is 0 Å². The van der Waals surface area contributed by atoms with Gasteiger partial charge in [0.15, 0.2) is 0 Å². The van der Waals surface area contributed by atoms with Crippen molar-refractivity contribution in [2.24, 2.45) is 0 Å². The molecule has 1 aromatic rings. The number of hydrogen-bond donors (Lipinski definition) is 1. The van der Waals surface area contributed by atoms with Gasteiger partial charge in [-0.3, -0.25) is 4.90 Å². The van der Waals surface area contributed by atoms with Crippen LogP contribution in [-0.2, 0) is 4.74 Å². The molecule has 1 amide bonds. The first-order valence-electron chi connectivity index (χ1n) is 5.93. The van der Waals surface area contributed by atoms with Crippen LogP contribution in [0.3, 0.4) is 0 Å². The molecule has 0 spiro atoms. The van der Waals surface area contributed by atoms with Gasteiger partial charge >= 0.3 is 12.1 Å². The van der Waals surface area contributed by atoms with Crippen molar-refractivity contribution in [3.8, 4) is 0 Å². The first-order valence-corrected chi connectivity index (χ1v) is 5.93. The molecule has 1 N–H and O–H groups in total. The molecule has 96 valence electrons. The zero-order valence-corrected chi connectivity index (χ0v) is 10.1. The summed E-state index contributed by atoms with van der Waals surface area (Å²) in [6, 6.07) is 6.30. The lowest BCUT2D eigenvalue weighted by atomic mass is 10.1. The van der Waals surface area contributed by atoms with Crippen molar-refractivity contribution in [3.63, 3.8) is 0 Å². The number of ether oxygens (including phenoxy) is 1. The second kappa shape index (κ2) is 5.08. The molecular formula is C13H15NO4. The van der Waals surface area contributed by atoms with Gasteiger partial charge in [-0.1, -0.05) is 13.3 Å². The van der Waals surface area contributed by atoms with Gasteiger partial charge in [-0.25, -0.2) is 9.59 Å². The monoisotopic (exact) mass is 249 g/mol. The quantitative estimate of drug-likeness (QED) is 0.890. The third-order valence-corrected chi connectivity index (χ3v) is 2.98. The average molecular weight is 249 g/mol. The highest BCUT2D eigenvalue weighted by atomic mass is 16.6. The lowest BCUT2D eigenvalue weighted by Gasteiger charge is -2.20. The second-order valence-electron chi connectivity index (χ2n) is 4.24. The lowest BCUT2D eigenvalue weighted by Crippen LogP contribution is -2.33. The van der Waals surface area contributed by atoms with Crippen molar-refractivity contribution in [3.05, 3.63) is 29.8 Å². The molecule has 0 aliphatic carbocycles. The summed E-state index contributed by atoms with van der Waals surface area (Å²) in [5.74, 6) is -0.976. The van der Waals surface area contributed by atoms with Gasteiger partial charge in [0.05, 0.1) is 11.6 Å². The molecule has 0 saturated carbocycles. The molecular weight excluding hydrogens is 234 g/mol. The summed E-state index contributed by atoms with van der Waals surface area (Å²) >= 11 is 0. The molecule has 0 aromatic heterocycles. The number of benzene rings is 1. The average Bonchev–Trinajstić information content (AvgIpc) is 2.71. The van der Waals surface area contributed by atoms with E-state index in [2.05, 4.69) is 6.92 Å². The number of carboxylic acids is 1. The molecule has 1 aliphatic rings. The number of rotatable bonds is 4. The molecule has 1 aliphatic heterocycles. The van der Waals surface area contributed by atoms with Crippen LogP contribution < -0.4 is 4.90 Å². The Hall–Kier alpha value is -2.04. The number of amides is 1. The highest BCUT2D eigenvalue weighted by Crippen LogP contribution is 2.25. The van der Waals surface area contributed by atoms with E-state index in [1.165, 1.54) is 12.1 Å². The summed E-state index contributed by atoms with van der Waals surface area (Å²) in [6.07, 6.45) is 1.47. The fourth-order valence-electron chi connectivity index (χ4n) is 2.09. The van der Waals surface area contributed by atoms with Gasteiger partial charge in [0, 0.05) is 5.69 Å². The summed E-state index contributed by atoms with van der Waals surface area (Å²) < 4.78 is 5.03. The van der Waals surface area contributed by atoms with Crippen molar-refractivity contribution < 1.29 is 19.4 Å². The van der Waals surface area contributed by atoms with Crippen LogP contribution in [-0.4, -0.2) is 29.8 Å². The Balaban J connectivity index is 2.23. The molecule has 5 heteroatoms. The number of carboxylic acid groups (broad SMARTS) is 1. The van der Waals surface area contributed by atoms with Gasteiger partial charge < -0.3 is 9.84 Å². The largest absolute Gasteiger partial charge is 0.478 e. The van der Waals surface area contributed by atoms with Crippen LogP contribution in [0.2, 0.25) is 0 Å². The molecule has 1 heterocycles. The Morgan fingerprint density at radius 2 is 2.11 bits per heavy atom. The van der Waals surface area contributed by atoms with Crippen LogP contribution in [0.15, 0.2) is 24.3 Å². The molecule has 5 nitrogen and oxygen atoms in total. The number of carbonyl (C=O) groups is 2. The molecule has 1 aromatic carbocycles. The van der Waals surface area contributed by atoms with Crippen LogP contribution in [0.4, 0.5) is 10.5 Å². The SMILES string of the molecule is CCCC1COC(=O)N1c1ccc(C(=O)O)cc1. The predicted octanol–water partition coefficient (Wildman–Crippen LogP) is 2.51. The van der Waals surface area contributed by atoms with Crippen LogP contribution >= 0.6 is 0 Å². The van der Waals surface area contributed by atoms with E-state index in [-0.39, 0.29) is 17.7 Å². The zero-order valence-electron chi connectivity index (χ0n) is 10.1. The highest BCUT2D eigenvalue weighted by Gasteiger charge is 2.33. The predicted molar refractivity (Wildman–Crippen MR) is 65.9 cm³/mol.